The van der Waals surface area contributed by atoms with Crippen molar-refractivity contribution in [1.82, 2.24) is 0 Å². The van der Waals surface area contributed by atoms with Crippen LogP contribution in [0.2, 0.25) is 0 Å². The Kier molecular flexibility index (Phi) is 7.37. The van der Waals surface area contributed by atoms with Gasteiger partial charge in [0.05, 0.1) is 46.1 Å². The van der Waals surface area contributed by atoms with Crippen molar-refractivity contribution in [2.45, 2.75) is 25.7 Å². The Balaban J connectivity index is 1.41. The molecule has 3 aromatic rings. The van der Waals surface area contributed by atoms with Gasteiger partial charge in [0.25, 0.3) is 0 Å². The van der Waals surface area contributed by atoms with Gasteiger partial charge < -0.3 is 9.84 Å². The highest BCUT2D eigenvalue weighted by Gasteiger charge is 2.68. The molecule has 4 aliphatic rings. The summed E-state index contributed by atoms with van der Waals surface area (Å²) in [4.78, 5) is 59.5. The van der Waals surface area contributed by atoms with Crippen molar-refractivity contribution in [1.29, 1.82) is 0 Å². The summed E-state index contributed by atoms with van der Waals surface area (Å²) in [6.45, 7) is 1.82. The number of hydrogen-bond donors (Lipinski definition) is 1. The van der Waals surface area contributed by atoms with Gasteiger partial charge in [0.15, 0.2) is 11.5 Å². The SMILES string of the molecule is COc1cc([C@H]2C3=CC[C@@H]4C(=O)N(c5ccc(Br)cc5)C(=O)[C@@H]4[C@@H]3C[C@H]3C(=O)N(c4ccccc4)C(=O)[C@@]23C)c(Br)c(Br)c1O. The van der Waals surface area contributed by atoms with Gasteiger partial charge in [-0.1, -0.05) is 45.8 Å². The summed E-state index contributed by atoms with van der Waals surface area (Å²) in [6, 6.07) is 17.6. The lowest BCUT2D eigenvalue weighted by Gasteiger charge is -2.49. The van der Waals surface area contributed by atoms with Crippen LogP contribution in [0.5, 0.6) is 11.5 Å². The molecule has 2 aliphatic carbocycles. The number of para-hydroxylation sites is 1. The third-order valence-electron chi connectivity index (χ3n) is 10.1. The predicted molar refractivity (Wildman–Crippen MR) is 178 cm³/mol. The molecule has 6 atom stereocenters. The van der Waals surface area contributed by atoms with E-state index in [4.69, 9.17) is 4.74 Å². The largest absolute Gasteiger partial charge is 0.503 e. The number of hydrogen-bond acceptors (Lipinski definition) is 6. The minimum absolute atomic E-state index is 0.110. The van der Waals surface area contributed by atoms with Crippen LogP contribution in [0, 0.1) is 29.1 Å². The minimum Gasteiger partial charge on any atom is -0.503 e. The maximum Gasteiger partial charge on any atom is 0.241 e. The number of methoxy groups -OCH3 is 1. The number of benzene rings is 3. The molecule has 7 rings (SSSR count). The third-order valence-corrected chi connectivity index (χ3v) is 12.8. The van der Waals surface area contributed by atoms with Gasteiger partial charge in [-0.3, -0.25) is 24.1 Å². The van der Waals surface area contributed by atoms with E-state index in [-0.39, 0.29) is 41.5 Å². The van der Waals surface area contributed by atoms with Crippen molar-refractivity contribution in [2.24, 2.45) is 29.1 Å². The van der Waals surface area contributed by atoms with E-state index < -0.39 is 35.0 Å². The van der Waals surface area contributed by atoms with Gasteiger partial charge in [-0.15, -0.1) is 0 Å². The predicted octanol–water partition coefficient (Wildman–Crippen LogP) is 7.12. The van der Waals surface area contributed by atoms with Crippen molar-refractivity contribution in [3.8, 4) is 11.5 Å². The zero-order valence-electron chi connectivity index (χ0n) is 24.2. The summed E-state index contributed by atoms with van der Waals surface area (Å²) in [7, 11) is 1.44. The molecule has 0 radical (unpaired) electrons. The topological polar surface area (TPSA) is 104 Å². The average molecular weight is 799 g/mol. The van der Waals surface area contributed by atoms with Gasteiger partial charge in [0.1, 0.15) is 0 Å². The molecule has 0 aromatic heterocycles. The molecule has 1 saturated carbocycles. The minimum atomic E-state index is -1.23. The van der Waals surface area contributed by atoms with E-state index in [1.807, 2.05) is 19.1 Å². The summed E-state index contributed by atoms with van der Waals surface area (Å²) < 4.78 is 7.20. The zero-order valence-corrected chi connectivity index (χ0v) is 28.9. The number of nitrogens with zero attached hydrogens (tertiary/aromatic N) is 2. The highest BCUT2D eigenvalue weighted by molar-refractivity contribution is 9.13. The van der Waals surface area contributed by atoms with Crippen molar-refractivity contribution in [3.63, 3.8) is 0 Å². The summed E-state index contributed by atoms with van der Waals surface area (Å²) >= 11 is 10.5. The van der Waals surface area contributed by atoms with E-state index in [9.17, 15) is 24.3 Å². The van der Waals surface area contributed by atoms with Crippen LogP contribution in [-0.2, 0) is 19.2 Å². The maximum absolute atomic E-state index is 14.6. The van der Waals surface area contributed by atoms with Crippen LogP contribution in [0.15, 0.2) is 85.7 Å². The lowest BCUT2D eigenvalue weighted by molar-refractivity contribution is -0.131. The standard InChI is InChI=1S/C34H27Br3N2O6/c1-34-23(31(42)39(33(34)44)17-6-4-3-5-7-17)14-21-19(26(34)22-15-24(45-2)29(40)28(37)27(22)36)12-13-20-25(21)32(43)38(30(20)41)18-10-8-16(35)9-11-18/h3-12,15,20-21,23,25-26,40H,13-14H2,1-2H3/t20-,21+,23-,25-,26+,34+/m0/s1. The highest BCUT2D eigenvalue weighted by atomic mass is 79.9. The number of ether oxygens (including phenoxy) is 1. The van der Waals surface area contributed by atoms with Gasteiger partial charge in [-0.05, 0) is 106 Å². The Morgan fingerprint density at radius 3 is 2.18 bits per heavy atom. The number of fused-ring (bicyclic) bond motifs is 4. The molecule has 0 unspecified atom stereocenters. The van der Waals surface area contributed by atoms with Crippen LogP contribution in [0.4, 0.5) is 11.4 Å². The van der Waals surface area contributed by atoms with E-state index in [1.54, 1.807) is 54.6 Å². The molecule has 8 nitrogen and oxygen atoms in total. The number of carbonyl (C=O) groups is 4. The van der Waals surface area contributed by atoms with E-state index in [2.05, 4.69) is 47.8 Å². The lowest BCUT2D eigenvalue weighted by atomic mass is 9.51. The van der Waals surface area contributed by atoms with Crippen LogP contribution < -0.4 is 14.5 Å². The third kappa shape index (κ3) is 4.26. The molecule has 2 heterocycles. The lowest BCUT2D eigenvalue weighted by Crippen LogP contribution is -2.49. The molecule has 11 heteroatoms. The molecule has 1 N–H and O–H groups in total. The first-order valence-electron chi connectivity index (χ1n) is 14.5. The van der Waals surface area contributed by atoms with Crippen LogP contribution >= 0.6 is 47.8 Å². The first-order valence-corrected chi connectivity index (χ1v) is 16.9. The summed E-state index contributed by atoms with van der Waals surface area (Å²) in [5, 5.41) is 10.8. The number of phenols is 1. The summed E-state index contributed by atoms with van der Waals surface area (Å²) in [6.07, 6.45) is 2.57. The number of phenolic OH excluding ortho intramolecular Hbond substituents is 1. The van der Waals surface area contributed by atoms with Gasteiger partial charge in [0, 0.05) is 14.9 Å². The Labute approximate surface area is 284 Å². The molecule has 2 saturated heterocycles. The van der Waals surface area contributed by atoms with Gasteiger partial charge in [0.2, 0.25) is 23.6 Å². The molecule has 3 aromatic carbocycles. The second kappa shape index (κ2) is 10.9. The summed E-state index contributed by atoms with van der Waals surface area (Å²) in [5.41, 5.74) is 1.22. The number of amides is 4. The van der Waals surface area contributed by atoms with Gasteiger partial charge in [-0.25, -0.2) is 4.90 Å². The van der Waals surface area contributed by atoms with Crippen LogP contribution in [-0.4, -0.2) is 35.8 Å². The molecule has 45 heavy (non-hydrogen) atoms. The van der Waals surface area contributed by atoms with Gasteiger partial charge >= 0.3 is 0 Å². The first-order chi connectivity index (χ1) is 21.5. The first kappa shape index (κ1) is 30.4. The van der Waals surface area contributed by atoms with E-state index in [0.29, 0.717) is 32.3 Å². The van der Waals surface area contributed by atoms with Crippen LogP contribution in [0.1, 0.15) is 31.2 Å². The summed E-state index contributed by atoms with van der Waals surface area (Å²) in [5.74, 6) is -4.33. The van der Waals surface area contributed by atoms with Crippen molar-refractivity contribution >= 4 is 82.8 Å². The highest BCUT2D eigenvalue weighted by Crippen LogP contribution is 2.65. The fourth-order valence-electron chi connectivity index (χ4n) is 8.00. The van der Waals surface area contributed by atoms with Crippen molar-refractivity contribution < 1.29 is 29.0 Å². The Bertz CT molecular complexity index is 1830. The number of imide groups is 2. The molecule has 230 valence electrons. The maximum atomic E-state index is 14.6. The van der Waals surface area contributed by atoms with Crippen LogP contribution in [0.25, 0.3) is 0 Å². The second-order valence-corrected chi connectivity index (χ2v) is 14.6. The number of anilines is 2. The monoisotopic (exact) mass is 796 g/mol. The number of halogens is 3. The van der Waals surface area contributed by atoms with Gasteiger partial charge in [-0.2, -0.15) is 0 Å². The van der Waals surface area contributed by atoms with Crippen LogP contribution in [0.3, 0.4) is 0 Å². The normalized spacial score (nSPS) is 29.0. The Morgan fingerprint density at radius 1 is 0.844 bits per heavy atom. The average Bonchev–Trinajstić information content (AvgIpc) is 3.41. The molecule has 0 bridgehead atoms. The van der Waals surface area contributed by atoms with E-state index in [0.717, 1.165) is 10.0 Å². The Hall–Kier alpha value is -3.28. The molecule has 4 amide bonds. The Morgan fingerprint density at radius 2 is 1.51 bits per heavy atom. The number of carbonyl (C=O) groups excluding carboxylic acids is 4. The number of rotatable bonds is 4. The molecule has 2 aliphatic heterocycles. The number of allylic oxidation sites excluding steroid dienone is 2. The second-order valence-electron chi connectivity index (χ2n) is 12.1. The molecular weight excluding hydrogens is 772 g/mol. The van der Waals surface area contributed by atoms with Crippen molar-refractivity contribution in [3.05, 3.63) is 91.3 Å². The fourth-order valence-corrected chi connectivity index (χ4v) is 9.22. The van der Waals surface area contributed by atoms with E-state index >= 15 is 0 Å². The fraction of sp³-hybridized carbons (Fsp3) is 0.294. The molecular formula is C34H27Br3N2O6. The molecule has 3 fully saturated rings. The smallest absolute Gasteiger partial charge is 0.241 e. The van der Waals surface area contributed by atoms with E-state index in [1.165, 1.54) is 16.9 Å². The quantitative estimate of drug-likeness (QED) is 0.223. The number of aromatic hydroxyl groups is 1. The molecule has 0 spiro atoms. The van der Waals surface area contributed by atoms with Crippen molar-refractivity contribution in [2.75, 3.05) is 16.9 Å². The zero-order chi connectivity index (χ0) is 31.9.